The molecule has 0 aromatic carbocycles. The van der Waals surface area contributed by atoms with Gasteiger partial charge in [-0.1, -0.05) is 64.3 Å². The minimum absolute atomic E-state index is 0.213. The average Bonchev–Trinajstić information content (AvgIpc) is 3.02. The van der Waals surface area contributed by atoms with Gasteiger partial charge < -0.3 is 10.2 Å². The third-order valence-corrected chi connectivity index (χ3v) is 8.70. The van der Waals surface area contributed by atoms with Crippen LogP contribution in [0.25, 0.3) is 0 Å². The second kappa shape index (κ2) is 9.91. The van der Waals surface area contributed by atoms with Gasteiger partial charge in [-0.05, 0) is 81.0 Å². The predicted octanol–water partition coefficient (Wildman–Crippen LogP) is 6.38. The van der Waals surface area contributed by atoms with E-state index in [0.29, 0.717) is 42.3 Å². The standard InChI is InChI=1S/C28H46O3/c1-19(8-6-10-26(31)27(2,3)4)24-13-14-25-21(9-7-15-28(24,25)5)12-11-20-16-22(29)18-23(30)17-20/h11-12,19,22-25,29-30H,6-10,13-18H2,1-5H3/b21-12+/t19-,22-,23-,24?,25?,28-/m1/s1. The SMILES string of the molecule is C[C@H](CCCC(=O)C(C)(C)C)C1CCC2/C(=C/C=C3C[C@@H](O)C[C@H](O)C3)CCC[C@@]21C. The van der Waals surface area contributed by atoms with Crippen molar-refractivity contribution in [3.8, 4) is 0 Å². The number of hydrogen-bond acceptors (Lipinski definition) is 3. The molecule has 3 aliphatic carbocycles. The highest BCUT2D eigenvalue weighted by atomic mass is 16.3. The third-order valence-electron chi connectivity index (χ3n) is 8.70. The number of fused-ring (bicyclic) bond motifs is 1. The zero-order valence-electron chi connectivity index (χ0n) is 20.6. The summed E-state index contributed by atoms with van der Waals surface area (Å²) in [6.07, 6.45) is 14.9. The third kappa shape index (κ3) is 5.90. The van der Waals surface area contributed by atoms with E-state index in [1.807, 2.05) is 20.8 Å². The molecule has 0 aromatic rings. The molecule has 3 rings (SSSR count). The number of aliphatic hydroxyl groups is 2. The summed E-state index contributed by atoms with van der Waals surface area (Å²) < 4.78 is 0. The van der Waals surface area contributed by atoms with E-state index in [4.69, 9.17) is 0 Å². The van der Waals surface area contributed by atoms with Gasteiger partial charge in [-0.15, -0.1) is 0 Å². The molecule has 0 aromatic heterocycles. The van der Waals surface area contributed by atoms with Gasteiger partial charge in [-0.3, -0.25) is 4.79 Å². The Kier molecular flexibility index (Phi) is 7.90. The van der Waals surface area contributed by atoms with Crippen molar-refractivity contribution in [1.82, 2.24) is 0 Å². The van der Waals surface area contributed by atoms with E-state index in [1.165, 1.54) is 37.7 Å². The summed E-state index contributed by atoms with van der Waals surface area (Å²) in [5.74, 6) is 2.48. The Balaban J connectivity index is 1.63. The fraction of sp³-hybridized carbons (Fsp3) is 0.821. The van der Waals surface area contributed by atoms with Crippen molar-refractivity contribution in [2.45, 2.75) is 117 Å². The molecule has 0 radical (unpaired) electrons. The smallest absolute Gasteiger partial charge is 0.138 e. The Bertz CT molecular complexity index is 686. The van der Waals surface area contributed by atoms with Crippen molar-refractivity contribution in [3.05, 3.63) is 23.3 Å². The molecule has 0 amide bonds. The van der Waals surface area contributed by atoms with Gasteiger partial charge in [0, 0.05) is 11.8 Å². The molecule has 176 valence electrons. The van der Waals surface area contributed by atoms with Gasteiger partial charge in [0.05, 0.1) is 12.2 Å². The molecule has 0 spiro atoms. The van der Waals surface area contributed by atoms with E-state index in [0.717, 1.165) is 25.2 Å². The lowest BCUT2D eigenvalue weighted by molar-refractivity contribution is -0.126. The molecule has 31 heavy (non-hydrogen) atoms. The first-order valence-electron chi connectivity index (χ1n) is 12.8. The van der Waals surface area contributed by atoms with Crippen LogP contribution in [0.3, 0.4) is 0 Å². The van der Waals surface area contributed by atoms with Crippen LogP contribution in [-0.2, 0) is 4.79 Å². The number of aliphatic hydroxyl groups excluding tert-OH is 2. The molecule has 0 heterocycles. The zero-order chi connectivity index (χ0) is 22.8. The van der Waals surface area contributed by atoms with Crippen LogP contribution in [0.1, 0.15) is 105 Å². The van der Waals surface area contributed by atoms with Crippen molar-refractivity contribution in [2.75, 3.05) is 0 Å². The Morgan fingerprint density at radius 1 is 1.16 bits per heavy atom. The van der Waals surface area contributed by atoms with Gasteiger partial charge in [0.25, 0.3) is 0 Å². The van der Waals surface area contributed by atoms with Crippen LogP contribution in [0.4, 0.5) is 0 Å². The van der Waals surface area contributed by atoms with Crippen LogP contribution < -0.4 is 0 Å². The molecule has 3 aliphatic rings. The number of ketones is 1. The fourth-order valence-corrected chi connectivity index (χ4v) is 6.91. The summed E-state index contributed by atoms with van der Waals surface area (Å²) >= 11 is 0. The highest BCUT2D eigenvalue weighted by molar-refractivity contribution is 5.83. The lowest BCUT2D eigenvalue weighted by Crippen LogP contribution is -2.36. The average molecular weight is 431 g/mol. The molecule has 3 heteroatoms. The summed E-state index contributed by atoms with van der Waals surface area (Å²) in [7, 11) is 0. The number of allylic oxidation sites excluding steroid dienone is 3. The molecule has 3 fully saturated rings. The Morgan fingerprint density at radius 2 is 1.84 bits per heavy atom. The number of hydrogen-bond donors (Lipinski definition) is 2. The number of carbonyl (C=O) groups excluding carboxylic acids is 1. The monoisotopic (exact) mass is 430 g/mol. The lowest BCUT2D eigenvalue weighted by atomic mass is 9.60. The maximum Gasteiger partial charge on any atom is 0.138 e. The quantitative estimate of drug-likeness (QED) is 0.514. The summed E-state index contributed by atoms with van der Waals surface area (Å²) in [6.45, 7) is 11.0. The highest BCUT2D eigenvalue weighted by Crippen LogP contribution is 2.59. The Hall–Kier alpha value is -0.930. The van der Waals surface area contributed by atoms with Crippen LogP contribution in [0.2, 0.25) is 0 Å². The molecule has 2 unspecified atom stereocenters. The van der Waals surface area contributed by atoms with Crippen molar-refractivity contribution < 1.29 is 15.0 Å². The maximum absolute atomic E-state index is 12.3. The topological polar surface area (TPSA) is 57.5 Å². The lowest BCUT2D eigenvalue weighted by Gasteiger charge is -2.44. The molecule has 2 N–H and O–H groups in total. The first-order chi connectivity index (χ1) is 14.5. The van der Waals surface area contributed by atoms with Gasteiger partial charge in [-0.25, -0.2) is 0 Å². The fourth-order valence-electron chi connectivity index (χ4n) is 6.91. The van der Waals surface area contributed by atoms with E-state index in [2.05, 4.69) is 26.0 Å². The van der Waals surface area contributed by atoms with Gasteiger partial charge in [-0.2, -0.15) is 0 Å². The normalized spacial score (nSPS) is 36.4. The first kappa shape index (κ1) is 24.7. The van der Waals surface area contributed by atoms with Crippen LogP contribution >= 0.6 is 0 Å². The first-order valence-corrected chi connectivity index (χ1v) is 12.8. The van der Waals surface area contributed by atoms with E-state index in [1.54, 1.807) is 5.57 Å². The largest absolute Gasteiger partial charge is 0.393 e. The minimum atomic E-state index is -0.396. The summed E-state index contributed by atoms with van der Waals surface area (Å²) in [5, 5.41) is 20.0. The summed E-state index contributed by atoms with van der Waals surface area (Å²) in [5.41, 5.74) is 2.95. The van der Waals surface area contributed by atoms with E-state index in [-0.39, 0.29) is 5.41 Å². The van der Waals surface area contributed by atoms with Crippen molar-refractivity contribution in [3.63, 3.8) is 0 Å². The van der Waals surface area contributed by atoms with Gasteiger partial charge in [0.1, 0.15) is 5.78 Å². The van der Waals surface area contributed by atoms with Gasteiger partial charge in [0.2, 0.25) is 0 Å². The minimum Gasteiger partial charge on any atom is -0.393 e. The second-order valence-corrected chi connectivity index (χ2v) is 12.2. The molecule has 0 aliphatic heterocycles. The van der Waals surface area contributed by atoms with Crippen molar-refractivity contribution in [2.24, 2.45) is 28.6 Å². The van der Waals surface area contributed by atoms with Gasteiger partial charge >= 0.3 is 0 Å². The second-order valence-electron chi connectivity index (χ2n) is 12.2. The molecule has 3 nitrogen and oxygen atoms in total. The van der Waals surface area contributed by atoms with Crippen molar-refractivity contribution >= 4 is 5.78 Å². The molecule has 6 atom stereocenters. The molecule has 0 bridgehead atoms. The van der Waals surface area contributed by atoms with Crippen molar-refractivity contribution in [1.29, 1.82) is 0 Å². The van der Waals surface area contributed by atoms with Crippen LogP contribution in [0.15, 0.2) is 23.3 Å². The molecule has 3 saturated carbocycles. The Morgan fingerprint density at radius 3 is 2.48 bits per heavy atom. The van der Waals surface area contributed by atoms with E-state index in [9.17, 15) is 15.0 Å². The highest BCUT2D eigenvalue weighted by Gasteiger charge is 2.50. The predicted molar refractivity (Wildman–Crippen MR) is 128 cm³/mol. The molecular weight excluding hydrogens is 384 g/mol. The number of carbonyl (C=O) groups is 1. The van der Waals surface area contributed by atoms with Crippen LogP contribution in [0, 0.1) is 28.6 Å². The maximum atomic E-state index is 12.3. The number of Topliss-reactive ketones (excluding diaryl/α,β-unsaturated/α-hetero) is 1. The van der Waals surface area contributed by atoms with Crippen LogP contribution in [-0.4, -0.2) is 28.2 Å². The van der Waals surface area contributed by atoms with Crippen LogP contribution in [0.5, 0.6) is 0 Å². The number of rotatable bonds is 6. The van der Waals surface area contributed by atoms with E-state index >= 15 is 0 Å². The Labute approximate surface area is 190 Å². The summed E-state index contributed by atoms with van der Waals surface area (Å²) in [6, 6.07) is 0. The zero-order valence-corrected chi connectivity index (χ0v) is 20.6. The summed E-state index contributed by atoms with van der Waals surface area (Å²) in [4.78, 5) is 12.3. The van der Waals surface area contributed by atoms with Gasteiger partial charge in [0.15, 0.2) is 0 Å². The molecular formula is C28H46O3. The molecule has 0 saturated heterocycles. The van der Waals surface area contributed by atoms with E-state index < -0.39 is 12.2 Å².